The number of aromatic amines is 2. The quantitative estimate of drug-likeness (QED) is 0.858. The van der Waals surface area contributed by atoms with Gasteiger partial charge in [-0.3, -0.25) is 9.59 Å². The fourth-order valence-electron chi connectivity index (χ4n) is 1.89. The third-order valence-corrected chi connectivity index (χ3v) is 3.05. The van der Waals surface area contributed by atoms with Gasteiger partial charge in [0.1, 0.15) is 16.4 Å². The molecule has 2 aromatic rings. The molecule has 1 aromatic heterocycles. The molecular formula is C16H18N2O3. The van der Waals surface area contributed by atoms with Gasteiger partial charge >= 0.3 is 0 Å². The van der Waals surface area contributed by atoms with Crippen LogP contribution in [0.2, 0.25) is 0 Å². The molecule has 5 nitrogen and oxygen atoms in total. The van der Waals surface area contributed by atoms with Crippen LogP contribution >= 0.6 is 0 Å². The average molecular weight is 286 g/mol. The van der Waals surface area contributed by atoms with Crippen LogP contribution in [0.4, 0.5) is 0 Å². The Hall–Kier alpha value is -2.56. The minimum Gasteiger partial charge on any atom is -0.497 e. The molecule has 0 saturated heterocycles. The number of H-pyrrole nitrogens is 2. The van der Waals surface area contributed by atoms with E-state index in [0.29, 0.717) is 5.35 Å². The molecule has 0 spiro atoms. The highest BCUT2D eigenvalue weighted by Crippen LogP contribution is 2.11. The van der Waals surface area contributed by atoms with E-state index in [-0.39, 0.29) is 16.5 Å². The molecule has 0 fully saturated rings. The highest BCUT2D eigenvalue weighted by Gasteiger charge is 1.96. The lowest BCUT2D eigenvalue weighted by Gasteiger charge is -1.98. The van der Waals surface area contributed by atoms with E-state index in [1.165, 1.54) is 0 Å². The zero-order valence-corrected chi connectivity index (χ0v) is 12.1. The Bertz CT molecular complexity index is 830. The van der Waals surface area contributed by atoms with Gasteiger partial charge < -0.3 is 14.7 Å². The van der Waals surface area contributed by atoms with Crippen molar-refractivity contribution in [1.29, 1.82) is 0 Å². The van der Waals surface area contributed by atoms with Gasteiger partial charge in [-0.2, -0.15) is 0 Å². The molecule has 110 valence electrons. The molecule has 0 bridgehead atoms. The molecule has 0 amide bonds. The number of rotatable bonds is 4. The number of hydrogen-bond acceptors (Lipinski definition) is 3. The molecular weight excluding hydrogens is 268 g/mol. The predicted octanol–water partition coefficient (Wildman–Crippen LogP) is 0.481. The number of nitrogens with one attached hydrogen (secondary N) is 2. The second-order valence-electron chi connectivity index (χ2n) is 4.65. The van der Waals surface area contributed by atoms with Gasteiger partial charge in [0.05, 0.1) is 7.11 Å². The van der Waals surface area contributed by atoms with Crippen LogP contribution in [-0.2, 0) is 0 Å². The van der Waals surface area contributed by atoms with Crippen molar-refractivity contribution >= 4 is 12.2 Å². The minimum atomic E-state index is -0.312. The smallest absolute Gasteiger partial charge is 0.272 e. The van der Waals surface area contributed by atoms with Crippen molar-refractivity contribution in [3.8, 4) is 5.75 Å². The molecule has 0 saturated carbocycles. The maximum atomic E-state index is 12.0. The monoisotopic (exact) mass is 286 g/mol. The molecule has 1 aromatic carbocycles. The third-order valence-electron chi connectivity index (χ3n) is 3.05. The summed E-state index contributed by atoms with van der Waals surface area (Å²) in [6.45, 7) is 2.01. The number of unbranched alkanes of at least 4 members (excludes halogenated alkanes) is 1. The van der Waals surface area contributed by atoms with Gasteiger partial charge in [0.25, 0.3) is 11.1 Å². The van der Waals surface area contributed by atoms with E-state index in [1.807, 2.05) is 19.1 Å². The lowest BCUT2D eigenvalue weighted by Crippen LogP contribution is -2.46. The Kier molecular flexibility index (Phi) is 4.77. The number of benzene rings is 1. The van der Waals surface area contributed by atoms with Crippen LogP contribution in [0.1, 0.15) is 25.3 Å². The van der Waals surface area contributed by atoms with E-state index < -0.39 is 0 Å². The minimum absolute atomic E-state index is 0.235. The van der Waals surface area contributed by atoms with Crippen molar-refractivity contribution in [2.24, 2.45) is 0 Å². The molecule has 0 aliphatic heterocycles. The van der Waals surface area contributed by atoms with Gasteiger partial charge in [-0.05, 0) is 30.2 Å². The van der Waals surface area contributed by atoms with E-state index in [1.54, 1.807) is 31.4 Å². The first-order chi connectivity index (χ1) is 10.1. The zero-order valence-electron chi connectivity index (χ0n) is 12.1. The summed E-state index contributed by atoms with van der Waals surface area (Å²) in [5.74, 6) is 0.735. The summed E-state index contributed by atoms with van der Waals surface area (Å²) in [7, 11) is 1.59. The Morgan fingerprint density at radius 2 is 1.67 bits per heavy atom. The van der Waals surface area contributed by atoms with E-state index in [4.69, 9.17) is 4.74 Å². The molecule has 0 unspecified atom stereocenters. The molecule has 0 aliphatic carbocycles. The van der Waals surface area contributed by atoms with E-state index >= 15 is 0 Å². The Morgan fingerprint density at radius 3 is 2.29 bits per heavy atom. The lowest BCUT2D eigenvalue weighted by atomic mass is 10.2. The van der Waals surface area contributed by atoms with Gasteiger partial charge in [-0.1, -0.05) is 31.6 Å². The molecule has 5 heteroatoms. The number of hydrogen-bond donors (Lipinski definition) is 2. The standard InChI is InChI=1S/C16H18N2O3/c1-3-4-5-13-15(19)18-14(16(20)17-13)10-11-6-8-12(21-2)9-7-11/h5-10H,3-4H2,1-2H3,(H,17,20)(H,18,19). The molecule has 21 heavy (non-hydrogen) atoms. The van der Waals surface area contributed by atoms with E-state index in [2.05, 4.69) is 9.97 Å². The van der Waals surface area contributed by atoms with Crippen LogP contribution in [-0.4, -0.2) is 17.1 Å². The maximum absolute atomic E-state index is 12.0. The number of methoxy groups -OCH3 is 1. The average Bonchev–Trinajstić information content (AvgIpc) is 2.50. The largest absolute Gasteiger partial charge is 0.497 e. The van der Waals surface area contributed by atoms with Crippen LogP contribution in [0, 0.1) is 0 Å². The number of ether oxygens (including phenoxy) is 1. The van der Waals surface area contributed by atoms with Crippen molar-refractivity contribution in [2.75, 3.05) is 7.11 Å². The fourth-order valence-corrected chi connectivity index (χ4v) is 1.89. The van der Waals surface area contributed by atoms with Gasteiger partial charge in [0.15, 0.2) is 0 Å². The second kappa shape index (κ2) is 6.74. The Morgan fingerprint density at radius 1 is 1.05 bits per heavy atom. The van der Waals surface area contributed by atoms with Crippen molar-refractivity contribution in [2.45, 2.75) is 19.8 Å². The van der Waals surface area contributed by atoms with Crippen LogP contribution < -0.4 is 26.6 Å². The Labute approximate surface area is 121 Å². The van der Waals surface area contributed by atoms with Crippen molar-refractivity contribution < 1.29 is 4.74 Å². The normalized spacial score (nSPS) is 12.7. The van der Waals surface area contributed by atoms with E-state index in [0.717, 1.165) is 24.2 Å². The maximum Gasteiger partial charge on any atom is 0.272 e. The van der Waals surface area contributed by atoms with Crippen molar-refractivity contribution in [1.82, 2.24) is 9.97 Å². The van der Waals surface area contributed by atoms with Crippen molar-refractivity contribution in [3.63, 3.8) is 0 Å². The van der Waals surface area contributed by atoms with Crippen LogP contribution in [0.5, 0.6) is 5.75 Å². The first-order valence-corrected chi connectivity index (χ1v) is 6.82. The summed E-state index contributed by atoms with van der Waals surface area (Å²) in [6.07, 6.45) is 5.03. The Balaban J connectivity index is 2.49. The molecule has 2 rings (SSSR count). The van der Waals surface area contributed by atoms with Crippen LogP contribution in [0.25, 0.3) is 12.2 Å². The molecule has 0 aliphatic rings. The predicted molar refractivity (Wildman–Crippen MR) is 82.9 cm³/mol. The summed E-state index contributed by atoms with van der Waals surface area (Å²) in [5.41, 5.74) is 0.206. The summed E-state index contributed by atoms with van der Waals surface area (Å²) < 4.78 is 5.07. The lowest BCUT2D eigenvalue weighted by molar-refractivity contribution is 0.415. The first-order valence-electron chi connectivity index (χ1n) is 6.82. The fraction of sp³-hybridized carbons (Fsp3) is 0.250. The molecule has 1 heterocycles. The summed E-state index contributed by atoms with van der Waals surface area (Å²) in [5, 5.41) is 0.549. The highest BCUT2D eigenvalue weighted by molar-refractivity contribution is 5.49. The van der Waals surface area contributed by atoms with Gasteiger partial charge in [-0.15, -0.1) is 0 Å². The summed E-state index contributed by atoms with van der Waals surface area (Å²) >= 11 is 0. The molecule has 0 radical (unpaired) electrons. The second-order valence-corrected chi connectivity index (χ2v) is 4.65. The summed E-state index contributed by atoms with van der Waals surface area (Å²) in [6, 6.07) is 7.21. The number of aromatic nitrogens is 2. The van der Waals surface area contributed by atoms with Gasteiger partial charge in [0, 0.05) is 0 Å². The SMILES string of the molecule is CCCC=c1[nH]c(=O)c(=Cc2ccc(OC)cc2)[nH]c1=O. The van der Waals surface area contributed by atoms with E-state index in [9.17, 15) is 9.59 Å². The van der Waals surface area contributed by atoms with Crippen LogP contribution in [0.3, 0.4) is 0 Å². The summed E-state index contributed by atoms with van der Waals surface area (Å²) in [4.78, 5) is 29.1. The third kappa shape index (κ3) is 3.72. The topological polar surface area (TPSA) is 75.0 Å². The van der Waals surface area contributed by atoms with Gasteiger partial charge in [-0.25, -0.2) is 0 Å². The van der Waals surface area contributed by atoms with Crippen LogP contribution in [0.15, 0.2) is 33.9 Å². The van der Waals surface area contributed by atoms with Crippen molar-refractivity contribution in [3.05, 3.63) is 61.2 Å². The van der Waals surface area contributed by atoms with Gasteiger partial charge in [0.2, 0.25) is 0 Å². The first kappa shape index (κ1) is 14.8. The zero-order chi connectivity index (χ0) is 15.2. The molecule has 2 N–H and O–H groups in total. The molecule has 0 atom stereocenters. The highest BCUT2D eigenvalue weighted by atomic mass is 16.5.